The number of carbonyl (C=O) groups excluding carboxylic acids is 1. The number of carbonyl (C=O) groups is 1. The van der Waals surface area contributed by atoms with Crippen LogP contribution in [0, 0.1) is 0 Å². The van der Waals surface area contributed by atoms with Crippen LogP contribution >= 0.6 is 15.9 Å². The molecule has 1 aliphatic heterocycles. The Hall–Kier alpha value is -0.920. The van der Waals surface area contributed by atoms with E-state index in [0.29, 0.717) is 18.7 Å². The summed E-state index contributed by atoms with van der Waals surface area (Å²) >= 11 is 3.31. The van der Waals surface area contributed by atoms with Gasteiger partial charge in [-0.05, 0) is 25.2 Å². The normalized spacial score (nSPS) is 17.1. The molecule has 5 nitrogen and oxygen atoms in total. The summed E-state index contributed by atoms with van der Waals surface area (Å²) in [5, 5.41) is 2.91. The van der Waals surface area contributed by atoms with Gasteiger partial charge in [-0.1, -0.05) is 15.9 Å². The quantitative estimate of drug-likeness (QED) is 0.892. The van der Waals surface area contributed by atoms with Crippen molar-refractivity contribution >= 4 is 37.4 Å². The highest BCUT2D eigenvalue weighted by Crippen LogP contribution is 2.33. The van der Waals surface area contributed by atoms with E-state index >= 15 is 0 Å². The highest BCUT2D eigenvalue weighted by atomic mass is 79.9. The van der Waals surface area contributed by atoms with E-state index < -0.39 is 9.84 Å². The fourth-order valence-corrected chi connectivity index (χ4v) is 3.79. The zero-order chi connectivity index (χ0) is 14.0. The van der Waals surface area contributed by atoms with E-state index in [1.807, 2.05) is 0 Å². The Balaban J connectivity index is 2.40. The third kappa shape index (κ3) is 2.98. The number of fused-ring (bicyclic) bond motifs is 1. The lowest BCUT2D eigenvalue weighted by Crippen LogP contribution is -2.40. The molecule has 1 N–H and O–H groups in total. The number of hydrogen-bond donors (Lipinski definition) is 1. The summed E-state index contributed by atoms with van der Waals surface area (Å²) in [6, 6.07) is 4.91. The number of nitrogens with one attached hydrogen (secondary N) is 1. The molecule has 2 rings (SSSR count). The summed E-state index contributed by atoms with van der Waals surface area (Å²) in [6.45, 7) is 0.791. The number of hydrogen-bond acceptors (Lipinski definition) is 4. The first-order chi connectivity index (χ1) is 8.95. The minimum atomic E-state index is -3.28. The van der Waals surface area contributed by atoms with E-state index in [1.165, 1.54) is 0 Å². The van der Waals surface area contributed by atoms with Crippen LogP contribution in [0.25, 0.3) is 0 Å². The Morgan fingerprint density at radius 1 is 1.47 bits per heavy atom. The third-order valence-electron chi connectivity index (χ3n) is 3.02. The van der Waals surface area contributed by atoms with Gasteiger partial charge >= 0.3 is 0 Å². The average Bonchev–Trinajstić information content (AvgIpc) is 2.35. The van der Waals surface area contributed by atoms with E-state index in [9.17, 15) is 13.2 Å². The van der Waals surface area contributed by atoms with E-state index in [0.717, 1.165) is 4.47 Å². The van der Waals surface area contributed by atoms with E-state index in [1.54, 1.807) is 30.1 Å². The summed E-state index contributed by atoms with van der Waals surface area (Å²) in [4.78, 5) is 13.9. The van der Waals surface area contributed by atoms with Crippen LogP contribution in [0.2, 0.25) is 0 Å². The van der Waals surface area contributed by atoms with Crippen molar-refractivity contribution in [1.82, 2.24) is 5.32 Å². The Morgan fingerprint density at radius 2 is 2.21 bits per heavy atom. The second kappa shape index (κ2) is 5.60. The van der Waals surface area contributed by atoms with Crippen LogP contribution in [-0.4, -0.2) is 40.2 Å². The molecule has 1 heterocycles. The van der Waals surface area contributed by atoms with Crippen molar-refractivity contribution in [2.45, 2.75) is 11.3 Å². The molecule has 0 fully saturated rings. The standard InChI is InChI=1S/C12H15BrN2O3S/c1-14-5-4-12(16)15-6-7-19(17,18)11-3-2-9(13)8-10(11)15/h2-3,8,14H,4-7H2,1H3. The molecule has 0 aliphatic carbocycles. The highest BCUT2D eigenvalue weighted by molar-refractivity contribution is 9.10. The van der Waals surface area contributed by atoms with Crippen molar-refractivity contribution in [2.75, 3.05) is 30.8 Å². The average molecular weight is 347 g/mol. The van der Waals surface area contributed by atoms with Gasteiger partial charge in [0.2, 0.25) is 5.91 Å². The molecule has 0 atom stereocenters. The number of sulfone groups is 1. The van der Waals surface area contributed by atoms with Crippen LogP contribution in [0.4, 0.5) is 5.69 Å². The summed E-state index contributed by atoms with van der Waals surface area (Å²) in [6.07, 6.45) is 0.350. The summed E-state index contributed by atoms with van der Waals surface area (Å²) in [5.41, 5.74) is 0.474. The van der Waals surface area contributed by atoms with Crippen molar-refractivity contribution in [3.8, 4) is 0 Å². The molecule has 1 aromatic carbocycles. The van der Waals surface area contributed by atoms with Crippen LogP contribution in [-0.2, 0) is 14.6 Å². The van der Waals surface area contributed by atoms with Gasteiger partial charge in [0.15, 0.2) is 9.84 Å². The lowest BCUT2D eigenvalue weighted by Gasteiger charge is -2.29. The molecule has 0 spiro atoms. The summed E-state index contributed by atoms with van der Waals surface area (Å²) < 4.78 is 24.8. The number of amides is 1. The molecule has 0 saturated heterocycles. The van der Waals surface area contributed by atoms with Crippen molar-refractivity contribution in [3.05, 3.63) is 22.7 Å². The maximum Gasteiger partial charge on any atom is 0.228 e. The van der Waals surface area contributed by atoms with E-state index in [4.69, 9.17) is 0 Å². The molecule has 19 heavy (non-hydrogen) atoms. The largest absolute Gasteiger partial charge is 0.319 e. The van der Waals surface area contributed by atoms with Crippen LogP contribution in [0.3, 0.4) is 0 Å². The molecule has 0 bridgehead atoms. The fourth-order valence-electron chi connectivity index (χ4n) is 2.03. The predicted octanol–water partition coefficient (Wildman–Crippen LogP) is 1.18. The second-order valence-electron chi connectivity index (χ2n) is 4.33. The van der Waals surface area contributed by atoms with Gasteiger partial charge in [0, 0.05) is 24.0 Å². The van der Waals surface area contributed by atoms with Crippen molar-refractivity contribution < 1.29 is 13.2 Å². The molecule has 104 valence electrons. The van der Waals surface area contributed by atoms with Gasteiger partial charge in [0.05, 0.1) is 16.3 Å². The summed E-state index contributed by atoms with van der Waals surface area (Å²) in [7, 11) is -1.50. The maximum atomic E-state index is 12.1. The number of nitrogens with zero attached hydrogens (tertiary/aromatic N) is 1. The van der Waals surface area contributed by atoms with Gasteiger partial charge in [-0.25, -0.2) is 8.42 Å². The van der Waals surface area contributed by atoms with Gasteiger partial charge in [0.25, 0.3) is 0 Å². The van der Waals surface area contributed by atoms with Crippen LogP contribution in [0.5, 0.6) is 0 Å². The SMILES string of the molecule is CNCCC(=O)N1CCS(=O)(=O)c2ccc(Br)cc21. The Labute approximate surface area is 121 Å². The number of anilines is 1. The monoisotopic (exact) mass is 346 g/mol. The van der Waals surface area contributed by atoms with E-state index in [2.05, 4.69) is 21.2 Å². The molecule has 0 radical (unpaired) electrons. The van der Waals surface area contributed by atoms with Crippen molar-refractivity contribution in [1.29, 1.82) is 0 Å². The molecule has 7 heteroatoms. The molecular formula is C12H15BrN2O3S. The van der Waals surface area contributed by atoms with Gasteiger partial charge < -0.3 is 10.2 Å². The van der Waals surface area contributed by atoms with Crippen molar-refractivity contribution in [2.24, 2.45) is 0 Å². The fraction of sp³-hybridized carbons (Fsp3) is 0.417. The lowest BCUT2D eigenvalue weighted by atomic mass is 10.2. The second-order valence-corrected chi connectivity index (χ2v) is 7.32. The van der Waals surface area contributed by atoms with Gasteiger partial charge in [-0.2, -0.15) is 0 Å². The van der Waals surface area contributed by atoms with Gasteiger partial charge in [0.1, 0.15) is 0 Å². The molecule has 0 aromatic heterocycles. The first-order valence-corrected chi connectivity index (χ1v) is 8.37. The van der Waals surface area contributed by atoms with Gasteiger partial charge in [-0.3, -0.25) is 4.79 Å². The first-order valence-electron chi connectivity index (χ1n) is 5.93. The minimum Gasteiger partial charge on any atom is -0.319 e. The zero-order valence-corrected chi connectivity index (χ0v) is 12.9. The molecule has 0 unspecified atom stereocenters. The molecule has 1 aromatic rings. The smallest absolute Gasteiger partial charge is 0.228 e. The molecule has 1 aliphatic rings. The number of benzene rings is 1. The Bertz CT molecular complexity index is 601. The van der Waals surface area contributed by atoms with Crippen molar-refractivity contribution in [3.63, 3.8) is 0 Å². The van der Waals surface area contributed by atoms with E-state index in [-0.39, 0.29) is 23.1 Å². The van der Waals surface area contributed by atoms with Crippen LogP contribution < -0.4 is 10.2 Å². The highest BCUT2D eigenvalue weighted by Gasteiger charge is 2.31. The Morgan fingerprint density at radius 3 is 2.89 bits per heavy atom. The topological polar surface area (TPSA) is 66.5 Å². The molecular weight excluding hydrogens is 332 g/mol. The Kier molecular flexibility index (Phi) is 4.27. The minimum absolute atomic E-state index is 0.0209. The summed E-state index contributed by atoms with van der Waals surface area (Å²) in [5.74, 6) is -0.0870. The number of rotatable bonds is 3. The first kappa shape index (κ1) is 14.5. The predicted molar refractivity (Wildman–Crippen MR) is 77.1 cm³/mol. The molecule has 0 saturated carbocycles. The lowest BCUT2D eigenvalue weighted by molar-refractivity contribution is -0.118. The van der Waals surface area contributed by atoms with Crippen LogP contribution in [0.1, 0.15) is 6.42 Å². The zero-order valence-electron chi connectivity index (χ0n) is 10.5. The number of halogens is 1. The van der Waals surface area contributed by atoms with Gasteiger partial charge in [-0.15, -0.1) is 0 Å². The van der Waals surface area contributed by atoms with Crippen LogP contribution in [0.15, 0.2) is 27.6 Å². The maximum absolute atomic E-state index is 12.1. The molecule has 1 amide bonds. The third-order valence-corrected chi connectivity index (χ3v) is 5.25.